The predicted molar refractivity (Wildman–Crippen MR) is 135 cm³/mol. The minimum absolute atomic E-state index is 0. The number of aliphatic imine (C=N–C) groups is 1. The summed E-state index contributed by atoms with van der Waals surface area (Å²) in [5, 5.41) is 18.4. The Balaban J connectivity index is 0.00000300. The Morgan fingerprint density at radius 2 is 1.86 bits per heavy atom. The van der Waals surface area contributed by atoms with Crippen molar-refractivity contribution in [2.24, 2.45) is 10.9 Å². The number of nitrogens with zero attached hydrogens (tertiary/aromatic N) is 3. The van der Waals surface area contributed by atoms with Crippen LogP contribution in [-0.4, -0.2) is 80.8 Å². The van der Waals surface area contributed by atoms with Gasteiger partial charge in [-0.1, -0.05) is 25.1 Å². The number of rotatable bonds is 7. The number of benzene rings is 1. The molecule has 1 fully saturated rings. The number of piperazine rings is 1. The normalized spacial score (nSPS) is 18.3. The number of fused-ring (bicyclic) bond motifs is 1. The average molecular weight is 532 g/mol. The average Bonchev–Trinajstić information content (AvgIpc) is 3.14. The number of aliphatic hydroxyl groups is 1. The van der Waals surface area contributed by atoms with Gasteiger partial charge in [0.2, 0.25) is 0 Å². The number of halogens is 1. The standard InChI is InChI=1S/C21H33N5OS.HI/c1-16(15-26-10-8-25(3)9-11-26)13-23-21(22-2)24-14-18(27)20-12-17-6-4-5-7-19(17)28-20;/h4-7,12,16,18,27H,8-11,13-15H2,1-3H3,(H2,22,23,24);1H. The molecule has 2 aromatic rings. The number of aliphatic hydroxyl groups excluding tert-OH is 1. The molecule has 2 heterocycles. The number of hydrogen-bond acceptors (Lipinski definition) is 5. The van der Waals surface area contributed by atoms with Gasteiger partial charge in [-0.15, -0.1) is 35.3 Å². The van der Waals surface area contributed by atoms with E-state index < -0.39 is 6.10 Å². The third-order valence-electron chi connectivity index (χ3n) is 5.24. The Morgan fingerprint density at radius 3 is 2.55 bits per heavy atom. The molecule has 0 spiro atoms. The summed E-state index contributed by atoms with van der Waals surface area (Å²) in [6, 6.07) is 10.3. The monoisotopic (exact) mass is 531 g/mol. The number of likely N-dealkylation sites (N-methyl/N-ethyl adjacent to an activating group) is 1. The molecule has 0 bridgehead atoms. The van der Waals surface area contributed by atoms with Crippen LogP contribution in [0, 0.1) is 5.92 Å². The molecule has 1 aromatic heterocycles. The second kappa shape index (κ2) is 12.0. The minimum Gasteiger partial charge on any atom is -0.386 e. The van der Waals surface area contributed by atoms with Crippen LogP contribution >= 0.6 is 35.3 Å². The maximum atomic E-state index is 10.5. The number of nitrogens with one attached hydrogen (secondary N) is 2. The highest BCUT2D eigenvalue weighted by Gasteiger charge is 2.16. The van der Waals surface area contributed by atoms with Crippen molar-refractivity contribution in [2.75, 3.05) is 59.9 Å². The Hall–Kier alpha value is -0.940. The fourth-order valence-corrected chi connectivity index (χ4v) is 4.54. The van der Waals surface area contributed by atoms with Crippen LogP contribution in [0.5, 0.6) is 0 Å². The summed E-state index contributed by atoms with van der Waals surface area (Å²) in [6.45, 7) is 9.28. The van der Waals surface area contributed by atoms with Crippen LogP contribution in [0.1, 0.15) is 17.9 Å². The van der Waals surface area contributed by atoms with E-state index >= 15 is 0 Å². The number of thiophene rings is 1. The van der Waals surface area contributed by atoms with Gasteiger partial charge in [-0.25, -0.2) is 0 Å². The van der Waals surface area contributed by atoms with Gasteiger partial charge >= 0.3 is 0 Å². The zero-order valence-corrected chi connectivity index (χ0v) is 20.7. The van der Waals surface area contributed by atoms with Crippen molar-refractivity contribution in [2.45, 2.75) is 13.0 Å². The molecule has 0 radical (unpaired) electrons. The van der Waals surface area contributed by atoms with Crippen molar-refractivity contribution in [1.29, 1.82) is 0 Å². The van der Waals surface area contributed by atoms with E-state index in [-0.39, 0.29) is 24.0 Å². The molecule has 0 amide bonds. The summed E-state index contributed by atoms with van der Waals surface area (Å²) in [5.74, 6) is 1.28. The van der Waals surface area contributed by atoms with Gasteiger partial charge in [-0.2, -0.15) is 0 Å². The lowest BCUT2D eigenvalue weighted by atomic mass is 10.1. The van der Waals surface area contributed by atoms with Crippen LogP contribution < -0.4 is 10.6 Å². The van der Waals surface area contributed by atoms with Crippen molar-refractivity contribution in [3.63, 3.8) is 0 Å². The van der Waals surface area contributed by atoms with Gasteiger partial charge in [0, 0.05) is 62.4 Å². The maximum absolute atomic E-state index is 10.5. The zero-order valence-electron chi connectivity index (χ0n) is 17.6. The summed E-state index contributed by atoms with van der Waals surface area (Å²) < 4.78 is 1.21. The first-order chi connectivity index (χ1) is 13.5. The molecule has 2 atom stereocenters. The van der Waals surface area contributed by atoms with Crippen molar-refractivity contribution >= 4 is 51.4 Å². The lowest BCUT2D eigenvalue weighted by Crippen LogP contribution is -2.47. The molecule has 0 aliphatic carbocycles. The molecule has 1 aliphatic heterocycles. The van der Waals surface area contributed by atoms with Crippen molar-refractivity contribution in [3.8, 4) is 0 Å². The Labute approximate surface area is 195 Å². The molecule has 162 valence electrons. The first-order valence-electron chi connectivity index (χ1n) is 10.1. The largest absolute Gasteiger partial charge is 0.386 e. The van der Waals surface area contributed by atoms with Crippen molar-refractivity contribution in [3.05, 3.63) is 35.2 Å². The quantitative estimate of drug-likeness (QED) is 0.292. The highest BCUT2D eigenvalue weighted by molar-refractivity contribution is 14.0. The second-order valence-electron chi connectivity index (χ2n) is 7.75. The van der Waals surface area contributed by atoms with E-state index in [1.165, 1.54) is 10.1 Å². The van der Waals surface area contributed by atoms with Crippen LogP contribution in [0.25, 0.3) is 10.1 Å². The lowest BCUT2D eigenvalue weighted by molar-refractivity contribution is 0.139. The van der Waals surface area contributed by atoms with E-state index in [0.717, 1.165) is 50.1 Å². The Kier molecular flexibility index (Phi) is 10.1. The molecule has 6 nitrogen and oxygen atoms in total. The molecule has 29 heavy (non-hydrogen) atoms. The van der Waals surface area contributed by atoms with Crippen molar-refractivity contribution in [1.82, 2.24) is 20.4 Å². The van der Waals surface area contributed by atoms with Gasteiger partial charge in [-0.3, -0.25) is 4.99 Å². The fourth-order valence-electron chi connectivity index (χ4n) is 3.49. The molecule has 1 saturated heterocycles. The first kappa shape index (κ1) is 24.3. The molecule has 3 N–H and O–H groups in total. The van der Waals surface area contributed by atoms with E-state index in [1.807, 2.05) is 12.1 Å². The van der Waals surface area contributed by atoms with E-state index in [4.69, 9.17) is 0 Å². The summed E-state index contributed by atoms with van der Waals surface area (Å²) in [7, 11) is 3.96. The van der Waals surface area contributed by atoms with Crippen LogP contribution in [-0.2, 0) is 0 Å². The van der Waals surface area contributed by atoms with Gasteiger partial charge in [0.1, 0.15) is 6.10 Å². The molecule has 2 unspecified atom stereocenters. The maximum Gasteiger partial charge on any atom is 0.191 e. The number of hydrogen-bond donors (Lipinski definition) is 3. The zero-order chi connectivity index (χ0) is 19.9. The third-order valence-corrected chi connectivity index (χ3v) is 6.46. The Bertz CT molecular complexity index is 742. The van der Waals surface area contributed by atoms with Gasteiger partial charge < -0.3 is 25.5 Å². The van der Waals surface area contributed by atoms with E-state index in [9.17, 15) is 5.11 Å². The summed E-state index contributed by atoms with van der Waals surface area (Å²) >= 11 is 1.64. The topological polar surface area (TPSA) is 63.1 Å². The van der Waals surface area contributed by atoms with E-state index in [1.54, 1.807) is 18.4 Å². The van der Waals surface area contributed by atoms with Crippen molar-refractivity contribution < 1.29 is 5.11 Å². The van der Waals surface area contributed by atoms with Crippen LogP contribution in [0.2, 0.25) is 0 Å². The second-order valence-corrected chi connectivity index (χ2v) is 8.86. The molecular weight excluding hydrogens is 497 g/mol. The van der Waals surface area contributed by atoms with Gasteiger partial charge in [0.25, 0.3) is 0 Å². The van der Waals surface area contributed by atoms with Crippen LogP contribution in [0.3, 0.4) is 0 Å². The molecule has 8 heteroatoms. The van der Waals surface area contributed by atoms with E-state index in [0.29, 0.717) is 12.5 Å². The summed E-state index contributed by atoms with van der Waals surface area (Å²) in [6.07, 6.45) is -0.543. The SMILES string of the molecule is CN=C(NCC(C)CN1CCN(C)CC1)NCC(O)c1cc2ccccc2s1.I. The summed E-state index contributed by atoms with van der Waals surface area (Å²) in [5.41, 5.74) is 0. The molecule has 3 rings (SSSR count). The highest BCUT2D eigenvalue weighted by Crippen LogP contribution is 2.29. The van der Waals surface area contributed by atoms with Crippen LogP contribution in [0.4, 0.5) is 0 Å². The molecule has 0 saturated carbocycles. The Morgan fingerprint density at radius 1 is 1.17 bits per heavy atom. The van der Waals surface area contributed by atoms with Crippen LogP contribution in [0.15, 0.2) is 35.3 Å². The molecule has 1 aliphatic rings. The highest BCUT2D eigenvalue weighted by atomic mass is 127. The predicted octanol–water partition coefficient (Wildman–Crippen LogP) is 2.60. The van der Waals surface area contributed by atoms with Gasteiger partial charge in [-0.05, 0) is 30.5 Å². The number of guanidine groups is 1. The summed E-state index contributed by atoms with van der Waals surface area (Å²) in [4.78, 5) is 10.2. The fraction of sp³-hybridized carbons (Fsp3) is 0.571. The van der Waals surface area contributed by atoms with Gasteiger partial charge in [0.05, 0.1) is 0 Å². The van der Waals surface area contributed by atoms with Gasteiger partial charge in [0.15, 0.2) is 5.96 Å². The molecular formula is C21H34IN5OS. The smallest absolute Gasteiger partial charge is 0.191 e. The third kappa shape index (κ3) is 7.36. The van der Waals surface area contributed by atoms with E-state index in [2.05, 4.69) is 57.6 Å². The first-order valence-corrected chi connectivity index (χ1v) is 10.9. The molecule has 1 aromatic carbocycles. The lowest BCUT2D eigenvalue weighted by Gasteiger charge is -2.34. The minimum atomic E-state index is -0.543.